The van der Waals surface area contributed by atoms with Crippen molar-refractivity contribution in [3.8, 4) is 0 Å². The lowest BCUT2D eigenvalue weighted by Crippen LogP contribution is -2.66. The van der Waals surface area contributed by atoms with Crippen LogP contribution in [0.2, 0.25) is 0 Å². The first-order chi connectivity index (χ1) is 13.2. The summed E-state index contributed by atoms with van der Waals surface area (Å²) in [5, 5.41) is 0.578. The molecule has 0 amide bonds. The number of imidazole rings is 1. The van der Waals surface area contributed by atoms with Gasteiger partial charge in [-0.05, 0) is 31.0 Å². The van der Waals surface area contributed by atoms with E-state index < -0.39 is 11.9 Å². The summed E-state index contributed by atoms with van der Waals surface area (Å²) in [4.78, 5) is 10.7. The summed E-state index contributed by atoms with van der Waals surface area (Å²) in [5.74, 6) is 0.466. The molecule has 2 aromatic heterocycles. The third-order valence-electron chi connectivity index (χ3n) is 5.59. The number of rotatable bonds is 2. The monoisotopic (exact) mass is 427 g/mol. The van der Waals surface area contributed by atoms with Crippen LogP contribution in [-0.2, 0) is 10.9 Å². The minimum Gasteiger partial charge on any atom is -0.380 e. The fourth-order valence-corrected chi connectivity index (χ4v) is 4.16. The number of hydrogen-bond donors (Lipinski definition) is 1. The third-order valence-corrected chi connectivity index (χ3v) is 5.59. The molecule has 1 aromatic carbocycles. The molecule has 3 aromatic rings. The van der Waals surface area contributed by atoms with E-state index in [1.54, 1.807) is 0 Å². The molecule has 4 heterocycles. The molecule has 0 saturated carbocycles. The van der Waals surface area contributed by atoms with E-state index in [9.17, 15) is 13.2 Å². The molecule has 2 fully saturated rings. The number of halogens is 4. The van der Waals surface area contributed by atoms with E-state index in [1.165, 1.54) is 4.40 Å². The zero-order chi connectivity index (χ0) is 19.8. The Hall–Kier alpha value is -2.10. The SMILES string of the molecule is Cc1cc([C@@H](C)N)c2nc(N3CC4(COC4)C3)n3cc(C(F)(F)F)nc3c2c1.Cl. The lowest BCUT2D eigenvalue weighted by atomic mass is 9.78. The van der Waals surface area contributed by atoms with Gasteiger partial charge in [-0.1, -0.05) is 6.07 Å². The Balaban J connectivity index is 0.00000205. The van der Waals surface area contributed by atoms with Crippen LogP contribution in [0, 0.1) is 12.3 Å². The van der Waals surface area contributed by atoms with Gasteiger partial charge in [-0.25, -0.2) is 9.97 Å². The average Bonchev–Trinajstić information content (AvgIpc) is 2.97. The molecule has 156 valence electrons. The van der Waals surface area contributed by atoms with Crippen LogP contribution >= 0.6 is 12.4 Å². The maximum atomic E-state index is 13.4. The zero-order valence-corrected chi connectivity index (χ0v) is 16.8. The fraction of sp³-hybridized carbons (Fsp3) is 0.474. The maximum Gasteiger partial charge on any atom is 0.434 e. The van der Waals surface area contributed by atoms with Crippen molar-refractivity contribution in [2.75, 3.05) is 31.2 Å². The summed E-state index contributed by atoms with van der Waals surface area (Å²) in [6, 6.07) is 3.45. The first-order valence-electron chi connectivity index (χ1n) is 9.16. The molecule has 0 unspecified atom stereocenters. The van der Waals surface area contributed by atoms with Crippen LogP contribution in [-0.4, -0.2) is 40.7 Å². The molecule has 1 atom stereocenters. The van der Waals surface area contributed by atoms with Crippen LogP contribution in [0.4, 0.5) is 19.1 Å². The number of aryl methyl sites for hydroxylation is 1. The Kier molecular flexibility index (Phi) is 4.49. The highest BCUT2D eigenvalue weighted by molar-refractivity contribution is 5.95. The van der Waals surface area contributed by atoms with Gasteiger partial charge in [0.15, 0.2) is 5.69 Å². The Morgan fingerprint density at radius 2 is 1.90 bits per heavy atom. The van der Waals surface area contributed by atoms with E-state index in [0.29, 0.717) is 43.2 Å². The molecule has 2 saturated heterocycles. The van der Waals surface area contributed by atoms with Gasteiger partial charge in [0, 0.05) is 30.7 Å². The second-order valence-corrected chi connectivity index (χ2v) is 8.12. The molecule has 2 N–H and O–H groups in total. The smallest absolute Gasteiger partial charge is 0.380 e. The van der Waals surface area contributed by atoms with Gasteiger partial charge in [-0.2, -0.15) is 13.2 Å². The molecule has 0 radical (unpaired) electrons. The van der Waals surface area contributed by atoms with Crippen molar-refractivity contribution >= 4 is 34.9 Å². The molecule has 5 rings (SSSR count). The summed E-state index contributed by atoms with van der Waals surface area (Å²) in [6.07, 6.45) is -3.49. The molecule has 1 spiro atoms. The normalized spacial score (nSPS) is 19.2. The highest BCUT2D eigenvalue weighted by atomic mass is 35.5. The van der Waals surface area contributed by atoms with Crippen molar-refractivity contribution in [2.45, 2.75) is 26.1 Å². The lowest BCUT2D eigenvalue weighted by Gasteiger charge is -2.55. The van der Waals surface area contributed by atoms with Crippen LogP contribution < -0.4 is 10.6 Å². The standard InChI is InChI=1S/C19H20F3N5O.ClH/c1-10-3-12(11(2)23)15-13(4-10)16-24-14(19(20,21)22)5-27(16)17(25-15)26-6-18(7-26)8-28-9-18;/h3-5,11H,6-9,23H2,1-2H3;1H/t11-;/m1./s1. The van der Waals surface area contributed by atoms with E-state index in [2.05, 4.69) is 4.98 Å². The van der Waals surface area contributed by atoms with Crippen molar-refractivity contribution in [2.24, 2.45) is 11.1 Å². The van der Waals surface area contributed by atoms with E-state index in [-0.39, 0.29) is 29.5 Å². The predicted molar refractivity (Wildman–Crippen MR) is 106 cm³/mol. The van der Waals surface area contributed by atoms with Gasteiger partial charge < -0.3 is 15.4 Å². The highest BCUT2D eigenvalue weighted by Crippen LogP contribution is 2.41. The van der Waals surface area contributed by atoms with Gasteiger partial charge in [0.25, 0.3) is 0 Å². The number of benzene rings is 1. The molecular formula is C19H21ClF3N5O. The summed E-state index contributed by atoms with van der Waals surface area (Å²) in [6.45, 7) is 6.51. The van der Waals surface area contributed by atoms with Gasteiger partial charge in [-0.3, -0.25) is 4.40 Å². The molecule has 2 aliphatic heterocycles. The quantitative estimate of drug-likeness (QED) is 0.678. The van der Waals surface area contributed by atoms with Crippen LogP contribution in [0.5, 0.6) is 0 Å². The molecule has 29 heavy (non-hydrogen) atoms. The lowest BCUT2D eigenvalue weighted by molar-refractivity contribution is -0.140. The Bertz CT molecular complexity index is 1100. The minimum absolute atomic E-state index is 0. The predicted octanol–water partition coefficient (Wildman–Crippen LogP) is 3.49. The van der Waals surface area contributed by atoms with Crippen molar-refractivity contribution in [1.29, 1.82) is 0 Å². The summed E-state index contributed by atoms with van der Waals surface area (Å²) < 4.78 is 46.9. The fourth-order valence-electron chi connectivity index (χ4n) is 4.16. The van der Waals surface area contributed by atoms with Gasteiger partial charge in [0.2, 0.25) is 5.95 Å². The van der Waals surface area contributed by atoms with Crippen molar-refractivity contribution in [3.63, 3.8) is 0 Å². The Morgan fingerprint density at radius 1 is 1.21 bits per heavy atom. The first-order valence-corrected chi connectivity index (χ1v) is 9.16. The molecule has 0 bridgehead atoms. The van der Waals surface area contributed by atoms with E-state index >= 15 is 0 Å². The van der Waals surface area contributed by atoms with Gasteiger partial charge >= 0.3 is 6.18 Å². The number of fused-ring (bicyclic) bond motifs is 3. The summed E-state index contributed by atoms with van der Waals surface area (Å²) >= 11 is 0. The van der Waals surface area contributed by atoms with Crippen molar-refractivity contribution in [1.82, 2.24) is 14.4 Å². The minimum atomic E-state index is -4.53. The molecule has 0 aliphatic carbocycles. The second-order valence-electron chi connectivity index (χ2n) is 8.12. The van der Waals surface area contributed by atoms with E-state index in [4.69, 9.17) is 15.5 Å². The van der Waals surface area contributed by atoms with Crippen LogP contribution in [0.3, 0.4) is 0 Å². The highest BCUT2D eigenvalue weighted by Gasteiger charge is 2.50. The van der Waals surface area contributed by atoms with Crippen LogP contribution in [0.15, 0.2) is 18.3 Å². The number of alkyl halides is 3. The largest absolute Gasteiger partial charge is 0.434 e. The molecule has 6 nitrogen and oxygen atoms in total. The second kappa shape index (κ2) is 6.45. The van der Waals surface area contributed by atoms with Crippen LogP contribution in [0.1, 0.15) is 29.8 Å². The Morgan fingerprint density at radius 3 is 2.45 bits per heavy atom. The number of nitrogens with two attached hydrogens (primary N) is 1. The van der Waals surface area contributed by atoms with Gasteiger partial charge in [0.1, 0.15) is 5.65 Å². The topological polar surface area (TPSA) is 68.7 Å². The van der Waals surface area contributed by atoms with Gasteiger partial charge in [-0.15, -0.1) is 12.4 Å². The van der Waals surface area contributed by atoms with Crippen molar-refractivity contribution < 1.29 is 17.9 Å². The number of nitrogens with zero attached hydrogens (tertiary/aromatic N) is 4. The molecular weight excluding hydrogens is 407 g/mol. The summed E-state index contributed by atoms with van der Waals surface area (Å²) in [7, 11) is 0. The van der Waals surface area contributed by atoms with Crippen LogP contribution in [0.25, 0.3) is 16.6 Å². The third kappa shape index (κ3) is 3.03. The molecule has 10 heteroatoms. The number of anilines is 1. The van der Waals surface area contributed by atoms with Gasteiger partial charge in [0.05, 0.1) is 24.1 Å². The number of aromatic nitrogens is 3. The number of hydrogen-bond acceptors (Lipinski definition) is 5. The molecule has 2 aliphatic rings. The average molecular weight is 428 g/mol. The number of ether oxygens (including phenoxy) is 1. The maximum absolute atomic E-state index is 13.4. The summed E-state index contributed by atoms with van der Waals surface area (Å²) in [5.41, 5.74) is 7.89. The van der Waals surface area contributed by atoms with E-state index in [0.717, 1.165) is 17.3 Å². The Labute approximate surface area is 171 Å². The van der Waals surface area contributed by atoms with Crippen molar-refractivity contribution in [3.05, 3.63) is 35.2 Å². The zero-order valence-electron chi connectivity index (χ0n) is 16.0. The van der Waals surface area contributed by atoms with E-state index in [1.807, 2.05) is 30.9 Å². The first kappa shape index (κ1) is 20.2.